The van der Waals surface area contributed by atoms with Gasteiger partial charge in [-0.15, -0.1) is 0 Å². The van der Waals surface area contributed by atoms with Crippen LogP contribution in [0.5, 0.6) is 0 Å². The Morgan fingerprint density at radius 1 is 0.588 bits per heavy atom. The molecule has 0 heterocycles. The summed E-state index contributed by atoms with van der Waals surface area (Å²) in [6.45, 7) is 0. The summed E-state index contributed by atoms with van der Waals surface area (Å²) in [6, 6.07) is 0. The Bertz CT molecular complexity index is 250. The lowest BCUT2D eigenvalue weighted by atomic mass is 10.1. The highest BCUT2D eigenvalue weighted by Crippen LogP contribution is 2.09. The molecule has 0 amide bonds. The Balaban J connectivity index is 2.30. The second-order valence-electron chi connectivity index (χ2n) is 4.73. The van der Waals surface area contributed by atoms with E-state index >= 15 is 0 Å². The monoisotopic (exact) mass is 234 g/mol. The second-order valence-corrected chi connectivity index (χ2v) is 4.73. The van der Waals surface area contributed by atoms with Crippen LogP contribution in [0.3, 0.4) is 0 Å². The van der Waals surface area contributed by atoms with Crippen LogP contribution in [-0.4, -0.2) is 11.2 Å². The number of hydrogen-bond acceptors (Lipinski definition) is 1. The van der Waals surface area contributed by atoms with E-state index in [9.17, 15) is 5.11 Å². The summed E-state index contributed by atoms with van der Waals surface area (Å²) in [7, 11) is 0. The van der Waals surface area contributed by atoms with Gasteiger partial charge in [0.25, 0.3) is 0 Å². The fraction of sp³-hybridized carbons (Fsp3) is 0.625. The molecule has 1 atom stereocenters. The summed E-state index contributed by atoms with van der Waals surface area (Å²) >= 11 is 0. The molecule has 0 saturated heterocycles. The van der Waals surface area contributed by atoms with Gasteiger partial charge in [0.1, 0.15) is 0 Å². The van der Waals surface area contributed by atoms with Crippen molar-refractivity contribution in [3.05, 3.63) is 36.5 Å². The zero-order valence-electron chi connectivity index (χ0n) is 10.9. The van der Waals surface area contributed by atoms with Gasteiger partial charge in [-0.25, -0.2) is 0 Å². The number of aliphatic hydroxyl groups is 1. The molecule has 1 aliphatic carbocycles. The SMILES string of the molecule is OC1CCC=CCCC=CCCC=CCCC1. The minimum absolute atomic E-state index is 0.110. The third-order valence-corrected chi connectivity index (χ3v) is 3.07. The Morgan fingerprint density at radius 3 is 1.65 bits per heavy atom. The highest BCUT2D eigenvalue weighted by molar-refractivity contribution is 4.91. The van der Waals surface area contributed by atoms with Crippen molar-refractivity contribution in [2.75, 3.05) is 0 Å². The maximum atomic E-state index is 9.75. The summed E-state index contributed by atoms with van der Waals surface area (Å²) in [5.74, 6) is 0. The number of hydrogen-bond donors (Lipinski definition) is 1. The third-order valence-electron chi connectivity index (χ3n) is 3.07. The number of rotatable bonds is 0. The van der Waals surface area contributed by atoms with Crippen LogP contribution in [0.25, 0.3) is 0 Å². The Hall–Kier alpha value is -0.820. The number of aliphatic hydroxyl groups excluding tert-OH is 1. The van der Waals surface area contributed by atoms with Crippen molar-refractivity contribution in [3.8, 4) is 0 Å². The van der Waals surface area contributed by atoms with E-state index in [1.165, 1.54) is 0 Å². The fourth-order valence-corrected chi connectivity index (χ4v) is 2.00. The van der Waals surface area contributed by atoms with Crippen molar-refractivity contribution in [1.29, 1.82) is 0 Å². The van der Waals surface area contributed by atoms with E-state index in [1.54, 1.807) is 0 Å². The first-order chi connectivity index (χ1) is 8.39. The van der Waals surface area contributed by atoms with Gasteiger partial charge in [0.15, 0.2) is 0 Å². The van der Waals surface area contributed by atoms with Crippen LogP contribution in [-0.2, 0) is 0 Å². The standard InChI is InChI=1S/C16H26O/c17-16-14-12-10-8-6-4-2-1-3-5-7-9-11-13-15-16/h1-2,7-10,16-17H,3-6,11-15H2. The molecular weight excluding hydrogens is 208 g/mol. The predicted molar refractivity (Wildman–Crippen MR) is 75.0 cm³/mol. The quantitative estimate of drug-likeness (QED) is 0.610. The molecule has 0 bridgehead atoms. The fourth-order valence-electron chi connectivity index (χ4n) is 2.00. The average Bonchev–Trinajstić information content (AvgIpc) is 2.32. The Kier molecular flexibility index (Phi) is 8.66. The zero-order valence-corrected chi connectivity index (χ0v) is 10.9. The molecule has 0 aromatic heterocycles. The van der Waals surface area contributed by atoms with Gasteiger partial charge < -0.3 is 5.11 Å². The molecule has 0 radical (unpaired) electrons. The van der Waals surface area contributed by atoms with Crippen LogP contribution >= 0.6 is 0 Å². The zero-order chi connectivity index (χ0) is 12.2. The molecule has 1 nitrogen and oxygen atoms in total. The van der Waals surface area contributed by atoms with Crippen LogP contribution < -0.4 is 0 Å². The van der Waals surface area contributed by atoms with E-state index in [0.717, 1.165) is 57.8 Å². The van der Waals surface area contributed by atoms with Crippen molar-refractivity contribution in [2.45, 2.75) is 63.9 Å². The molecule has 0 aliphatic heterocycles. The van der Waals surface area contributed by atoms with Crippen molar-refractivity contribution in [1.82, 2.24) is 0 Å². The van der Waals surface area contributed by atoms with Crippen LogP contribution in [0.2, 0.25) is 0 Å². The highest BCUT2D eigenvalue weighted by atomic mass is 16.3. The molecule has 1 unspecified atom stereocenters. The molecule has 17 heavy (non-hydrogen) atoms. The number of allylic oxidation sites excluding steroid dienone is 6. The van der Waals surface area contributed by atoms with Gasteiger partial charge in [-0.05, 0) is 57.8 Å². The van der Waals surface area contributed by atoms with E-state index in [2.05, 4.69) is 36.5 Å². The Labute approximate surface area is 106 Å². The van der Waals surface area contributed by atoms with Crippen LogP contribution in [0.1, 0.15) is 57.8 Å². The van der Waals surface area contributed by atoms with E-state index in [-0.39, 0.29) is 6.10 Å². The summed E-state index contributed by atoms with van der Waals surface area (Å²) in [4.78, 5) is 0. The first-order valence-corrected chi connectivity index (χ1v) is 7.02. The molecule has 0 aromatic carbocycles. The minimum Gasteiger partial charge on any atom is -0.393 e. The topological polar surface area (TPSA) is 20.2 Å². The van der Waals surface area contributed by atoms with E-state index < -0.39 is 0 Å². The largest absolute Gasteiger partial charge is 0.393 e. The van der Waals surface area contributed by atoms with Gasteiger partial charge in [0.05, 0.1) is 6.10 Å². The van der Waals surface area contributed by atoms with Gasteiger partial charge in [-0.1, -0.05) is 36.5 Å². The smallest absolute Gasteiger partial charge is 0.0543 e. The van der Waals surface area contributed by atoms with Gasteiger partial charge in [0, 0.05) is 0 Å². The molecule has 1 aliphatic rings. The van der Waals surface area contributed by atoms with Crippen molar-refractivity contribution in [3.63, 3.8) is 0 Å². The van der Waals surface area contributed by atoms with E-state index in [0.29, 0.717) is 0 Å². The van der Waals surface area contributed by atoms with Crippen molar-refractivity contribution < 1.29 is 5.11 Å². The average molecular weight is 234 g/mol. The van der Waals surface area contributed by atoms with Gasteiger partial charge >= 0.3 is 0 Å². The first kappa shape index (κ1) is 14.2. The van der Waals surface area contributed by atoms with Gasteiger partial charge in [-0.3, -0.25) is 0 Å². The normalized spacial score (nSPS) is 24.9. The lowest BCUT2D eigenvalue weighted by molar-refractivity contribution is 0.153. The molecule has 1 N–H and O–H groups in total. The van der Waals surface area contributed by atoms with E-state index in [4.69, 9.17) is 0 Å². The summed E-state index contributed by atoms with van der Waals surface area (Å²) in [5.41, 5.74) is 0. The molecule has 0 fully saturated rings. The second kappa shape index (κ2) is 10.3. The summed E-state index contributed by atoms with van der Waals surface area (Å²) in [6.07, 6.45) is 23.1. The lowest BCUT2D eigenvalue weighted by Crippen LogP contribution is -2.04. The molecule has 0 spiro atoms. The predicted octanol–water partition coefficient (Wildman–Crippen LogP) is 4.54. The molecular formula is C16H26O. The maximum Gasteiger partial charge on any atom is 0.0543 e. The van der Waals surface area contributed by atoms with Crippen LogP contribution in [0, 0.1) is 0 Å². The molecule has 0 saturated carbocycles. The van der Waals surface area contributed by atoms with Gasteiger partial charge in [-0.2, -0.15) is 0 Å². The summed E-state index contributed by atoms with van der Waals surface area (Å²) < 4.78 is 0. The van der Waals surface area contributed by atoms with Gasteiger partial charge in [0.2, 0.25) is 0 Å². The first-order valence-electron chi connectivity index (χ1n) is 7.02. The van der Waals surface area contributed by atoms with E-state index in [1.807, 2.05) is 0 Å². The highest BCUT2D eigenvalue weighted by Gasteiger charge is 2.01. The lowest BCUT2D eigenvalue weighted by Gasteiger charge is -2.07. The van der Waals surface area contributed by atoms with Crippen molar-refractivity contribution in [2.24, 2.45) is 0 Å². The van der Waals surface area contributed by atoms with Crippen molar-refractivity contribution >= 4 is 0 Å². The van der Waals surface area contributed by atoms with Crippen LogP contribution in [0.4, 0.5) is 0 Å². The van der Waals surface area contributed by atoms with Crippen LogP contribution in [0.15, 0.2) is 36.5 Å². The summed E-state index contributed by atoms with van der Waals surface area (Å²) in [5, 5.41) is 9.75. The Morgan fingerprint density at radius 2 is 1.06 bits per heavy atom. The third kappa shape index (κ3) is 8.93. The molecule has 1 heteroatoms. The molecule has 0 aromatic rings. The molecule has 1 rings (SSSR count). The minimum atomic E-state index is -0.110. The maximum absolute atomic E-state index is 9.75. The molecule has 96 valence electrons.